The van der Waals surface area contributed by atoms with Gasteiger partial charge in [-0.15, -0.1) is 0 Å². The minimum atomic E-state index is 0.290. The summed E-state index contributed by atoms with van der Waals surface area (Å²) in [5.74, 6) is 2.92. The molecule has 2 aliphatic heterocycles. The molecule has 3 unspecified atom stereocenters. The second kappa shape index (κ2) is 7.71. The SMILES string of the molecule is CC1CN(C)CCCC1Oc1ccc2c(c1)OCC(c1ccccc1)C2. The highest BCUT2D eigenvalue weighted by molar-refractivity contribution is 5.43. The second-order valence-corrected chi connectivity index (χ2v) is 7.93. The van der Waals surface area contributed by atoms with Crippen LogP contribution in [0.1, 0.15) is 36.8 Å². The van der Waals surface area contributed by atoms with Crippen LogP contribution in [-0.4, -0.2) is 37.7 Å². The number of benzene rings is 2. The van der Waals surface area contributed by atoms with E-state index in [1.54, 1.807) is 0 Å². The number of likely N-dealkylation sites (tertiary alicyclic amines) is 1. The predicted molar refractivity (Wildman–Crippen MR) is 105 cm³/mol. The summed E-state index contributed by atoms with van der Waals surface area (Å²) in [5, 5.41) is 0. The average molecular weight is 351 g/mol. The van der Waals surface area contributed by atoms with Gasteiger partial charge >= 0.3 is 0 Å². The monoisotopic (exact) mass is 351 g/mol. The van der Waals surface area contributed by atoms with Crippen molar-refractivity contribution in [3.63, 3.8) is 0 Å². The third-order valence-corrected chi connectivity index (χ3v) is 5.77. The van der Waals surface area contributed by atoms with Crippen LogP contribution in [0.3, 0.4) is 0 Å². The van der Waals surface area contributed by atoms with Gasteiger partial charge in [-0.3, -0.25) is 0 Å². The molecule has 0 amide bonds. The molecule has 4 rings (SSSR count). The largest absolute Gasteiger partial charge is 0.493 e. The third-order valence-electron chi connectivity index (χ3n) is 5.77. The molecule has 1 fully saturated rings. The molecule has 0 bridgehead atoms. The van der Waals surface area contributed by atoms with Gasteiger partial charge in [0.25, 0.3) is 0 Å². The van der Waals surface area contributed by atoms with Gasteiger partial charge in [0.05, 0.1) is 6.61 Å². The van der Waals surface area contributed by atoms with Gasteiger partial charge in [0.1, 0.15) is 17.6 Å². The van der Waals surface area contributed by atoms with E-state index >= 15 is 0 Å². The molecule has 0 aliphatic carbocycles. The standard InChI is InChI=1S/C23H29NO2/c1-17-15-24(2)12-6-9-22(17)26-21-11-10-19-13-20(16-25-23(19)14-21)18-7-4-3-5-8-18/h3-5,7-8,10-11,14,17,20,22H,6,9,12-13,15-16H2,1-2H3. The van der Waals surface area contributed by atoms with Gasteiger partial charge in [-0.05, 0) is 50.0 Å². The zero-order valence-corrected chi connectivity index (χ0v) is 15.9. The van der Waals surface area contributed by atoms with Gasteiger partial charge in [-0.2, -0.15) is 0 Å². The van der Waals surface area contributed by atoms with Crippen molar-refractivity contribution in [2.75, 3.05) is 26.7 Å². The van der Waals surface area contributed by atoms with E-state index in [0.29, 0.717) is 17.9 Å². The average Bonchev–Trinajstić information content (AvgIpc) is 2.82. The summed E-state index contributed by atoms with van der Waals surface area (Å²) in [5.41, 5.74) is 2.64. The van der Waals surface area contributed by atoms with Crippen LogP contribution < -0.4 is 9.47 Å². The van der Waals surface area contributed by atoms with Gasteiger partial charge in [0.15, 0.2) is 0 Å². The molecular weight excluding hydrogens is 322 g/mol. The highest BCUT2D eigenvalue weighted by Crippen LogP contribution is 2.35. The summed E-state index contributed by atoms with van der Waals surface area (Å²) < 4.78 is 12.5. The highest BCUT2D eigenvalue weighted by atomic mass is 16.5. The quantitative estimate of drug-likeness (QED) is 0.812. The van der Waals surface area contributed by atoms with E-state index in [1.165, 1.54) is 24.1 Å². The van der Waals surface area contributed by atoms with Crippen molar-refractivity contribution < 1.29 is 9.47 Å². The Kier molecular flexibility index (Phi) is 5.16. The topological polar surface area (TPSA) is 21.7 Å². The number of nitrogens with zero attached hydrogens (tertiary/aromatic N) is 1. The van der Waals surface area contributed by atoms with Crippen molar-refractivity contribution in [3.05, 3.63) is 59.7 Å². The van der Waals surface area contributed by atoms with Crippen LogP contribution in [0.15, 0.2) is 48.5 Å². The molecule has 3 nitrogen and oxygen atoms in total. The van der Waals surface area contributed by atoms with Crippen molar-refractivity contribution in [1.29, 1.82) is 0 Å². The summed E-state index contributed by atoms with van der Waals surface area (Å²) in [6.45, 7) is 5.31. The van der Waals surface area contributed by atoms with Crippen molar-refractivity contribution in [2.24, 2.45) is 5.92 Å². The molecule has 138 valence electrons. The first-order chi connectivity index (χ1) is 12.7. The lowest BCUT2D eigenvalue weighted by Crippen LogP contribution is -2.30. The number of fused-ring (bicyclic) bond motifs is 1. The van der Waals surface area contributed by atoms with Gasteiger partial charge in [-0.1, -0.05) is 43.3 Å². The Balaban J connectivity index is 1.45. The molecule has 1 saturated heterocycles. The van der Waals surface area contributed by atoms with E-state index in [-0.39, 0.29) is 0 Å². The third kappa shape index (κ3) is 3.88. The lowest BCUT2D eigenvalue weighted by molar-refractivity contribution is 0.130. The Morgan fingerprint density at radius 3 is 2.81 bits per heavy atom. The summed E-state index contributed by atoms with van der Waals surface area (Å²) >= 11 is 0. The molecule has 3 heteroatoms. The smallest absolute Gasteiger partial charge is 0.126 e. The van der Waals surface area contributed by atoms with Crippen LogP contribution in [-0.2, 0) is 6.42 Å². The van der Waals surface area contributed by atoms with Crippen molar-refractivity contribution in [2.45, 2.75) is 38.2 Å². The second-order valence-electron chi connectivity index (χ2n) is 7.93. The Morgan fingerprint density at radius 2 is 1.96 bits per heavy atom. The van der Waals surface area contributed by atoms with Crippen LogP contribution in [0.4, 0.5) is 0 Å². The molecular formula is C23H29NO2. The minimum Gasteiger partial charge on any atom is -0.493 e. The van der Waals surface area contributed by atoms with E-state index in [0.717, 1.165) is 37.5 Å². The molecule has 3 atom stereocenters. The maximum Gasteiger partial charge on any atom is 0.126 e. The molecule has 2 aromatic rings. The van der Waals surface area contributed by atoms with Gasteiger partial charge in [-0.25, -0.2) is 0 Å². The Morgan fingerprint density at radius 1 is 1.12 bits per heavy atom. The lowest BCUT2D eigenvalue weighted by atomic mass is 9.90. The Hall–Kier alpha value is -2.00. The van der Waals surface area contributed by atoms with Crippen LogP contribution in [0, 0.1) is 5.92 Å². The fourth-order valence-electron chi connectivity index (χ4n) is 4.26. The molecule has 0 aromatic heterocycles. The van der Waals surface area contributed by atoms with Crippen molar-refractivity contribution in [1.82, 2.24) is 4.90 Å². The van der Waals surface area contributed by atoms with Gasteiger partial charge < -0.3 is 14.4 Å². The molecule has 2 aromatic carbocycles. The number of rotatable bonds is 3. The fourth-order valence-corrected chi connectivity index (χ4v) is 4.26. The van der Waals surface area contributed by atoms with E-state index in [1.807, 2.05) is 0 Å². The zero-order valence-electron chi connectivity index (χ0n) is 15.9. The number of ether oxygens (including phenoxy) is 2. The first-order valence-corrected chi connectivity index (χ1v) is 9.85. The van der Waals surface area contributed by atoms with Crippen LogP contribution >= 0.6 is 0 Å². The fraction of sp³-hybridized carbons (Fsp3) is 0.478. The van der Waals surface area contributed by atoms with Gasteiger partial charge in [0.2, 0.25) is 0 Å². The number of hydrogen-bond acceptors (Lipinski definition) is 3. The van der Waals surface area contributed by atoms with E-state index in [4.69, 9.17) is 9.47 Å². The molecule has 0 spiro atoms. The van der Waals surface area contributed by atoms with E-state index < -0.39 is 0 Å². The normalized spacial score (nSPS) is 26.5. The minimum absolute atomic E-state index is 0.290. The van der Waals surface area contributed by atoms with E-state index in [2.05, 4.69) is 67.4 Å². The summed E-state index contributed by atoms with van der Waals surface area (Å²) in [7, 11) is 2.20. The molecule has 0 N–H and O–H groups in total. The Bertz CT molecular complexity index is 730. The lowest BCUT2D eigenvalue weighted by Gasteiger charge is -2.28. The molecule has 2 heterocycles. The van der Waals surface area contributed by atoms with Crippen LogP contribution in [0.25, 0.3) is 0 Å². The Labute approximate surface area is 156 Å². The first-order valence-electron chi connectivity index (χ1n) is 9.85. The van der Waals surface area contributed by atoms with E-state index in [9.17, 15) is 0 Å². The maximum atomic E-state index is 6.37. The predicted octanol–water partition coefficient (Wildman–Crippen LogP) is 4.51. The zero-order chi connectivity index (χ0) is 17.9. The highest BCUT2D eigenvalue weighted by Gasteiger charge is 2.25. The maximum absolute atomic E-state index is 6.37. The number of hydrogen-bond donors (Lipinski definition) is 0. The summed E-state index contributed by atoms with van der Waals surface area (Å²) in [6, 6.07) is 17.1. The van der Waals surface area contributed by atoms with Crippen molar-refractivity contribution >= 4 is 0 Å². The summed E-state index contributed by atoms with van der Waals surface area (Å²) in [4.78, 5) is 2.41. The van der Waals surface area contributed by atoms with Crippen LogP contribution in [0.2, 0.25) is 0 Å². The van der Waals surface area contributed by atoms with Crippen molar-refractivity contribution in [3.8, 4) is 11.5 Å². The first kappa shape index (κ1) is 17.4. The molecule has 0 saturated carbocycles. The van der Waals surface area contributed by atoms with Gasteiger partial charge in [0, 0.05) is 24.4 Å². The molecule has 26 heavy (non-hydrogen) atoms. The molecule has 0 radical (unpaired) electrons. The molecule has 2 aliphatic rings. The summed E-state index contributed by atoms with van der Waals surface area (Å²) in [6.07, 6.45) is 3.65. The van der Waals surface area contributed by atoms with Crippen LogP contribution in [0.5, 0.6) is 11.5 Å².